The average Bonchev–Trinajstić information content (AvgIpc) is 2.33. The Morgan fingerprint density at radius 2 is 0.923 bits per heavy atom. The molecule has 0 aliphatic heterocycles. The minimum atomic E-state index is -0.454. The van der Waals surface area contributed by atoms with Crippen molar-refractivity contribution in [1.82, 2.24) is 0 Å². The number of carbonyl (C=O) groups excluding carboxylic acids is 2. The molecule has 0 aromatic heterocycles. The lowest BCUT2D eigenvalue weighted by Gasteiger charge is -2.57. The van der Waals surface area contributed by atoms with E-state index in [1.807, 2.05) is 0 Å². The van der Waals surface area contributed by atoms with Crippen LogP contribution in [0.15, 0.2) is 0 Å². The van der Waals surface area contributed by atoms with Crippen LogP contribution in [0.2, 0.25) is 0 Å². The molecule has 2 heteroatoms. The molecule has 2 atom stereocenters. The molecule has 0 saturated carbocycles. The van der Waals surface area contributed by atoms with Crippen molar-refractivity contribution in [3.63, 3.8) is 0 Å². The third kappa shape index (κ3) is 4.60. The Balaban J connectivity index is 6.30. The highest BCUT2D eigenvalue weighted by Gasteiger charge is 2.57. The van der Waals surface area contributed by atoms with Crippen LogP contribution in [0, 0.1) is 32.5 Å². The molecule has 2 nitrogen and oxygen atoms in total. The summed E-state index contributed by atoms with van der Waals surface area (Å²) in [4.78, 5) is 25.5. The Bertz CT molecular complexity index is 540. The number of Topliss-reactive ketones (excluding diaryl/α,β-unsaturated/α-hetero) is 2. The molecule has 0 bridgehead atoms. The number of hydrogen-bond donors (Lipinski definition) is 0. The van der Waals surface area contributed by atoms with Crippen molar-refractivity contribution in [3.8, 4) is 0 Å². The van der Waals surface area contributed by atoms with Gasteiger partial charge in [-0.1, -0.05) is 83.1 Å². The van der Waals surface area contributed by atoms with Gasteiger partial charge in [-0.05, 0) is 48.3 Å². The molecule has 0 saturated heterocycles. The van der Waals surface area contributed by atoms with Gasteiger partial charge in [-0.25, -0.2) is 0 Å². The van der Waals surface area contributed by atoms with E-state index in [9.17, 15) is 9.59 Å². The lowest BCUT2D eigenvalue weighted by Crippen LogP contribution is -2.54. The van der Waals surface area contributed by atoms with Crippen LogP contribution in [0.3, 0.4) is 0 Å². The predicted molar refractivity (Wildman–Crippen MR) is 113 cm³/mol. The molecule has 0 radical (unpaired) electrons. The highest BCUT2D eigenvalue weighted by atomic mass is 16.1. The van der Waals surface area contributed by atoms with Gasteiger partial charge in [0.05, 0.1) is 0 Å². The number of ketones is 2. The summed E-state index contributed by atoms with van der Waals surface area (Å²) in [5.74, 6) is 0.472. The van der Waals surface area contributed by atoms with E-state index < -0.39 is 10.8 Å². The molecule has 0 aliphatic carbocycles. The third-order valence-electron chi connectivity index (χ3n) is 7.96. The van der Waals surface area contributed by atoms with E-state index in [1.54, 1.807) is 13.8 Å². The van der Waals surface area contributed by atoms with Gasteiger partial charge < -0.3 is 0 Å². The molecule has 154 valence electrons. The van der Waals surface area contributed by atoms with Crippen molar-refractivity contribution in [2.24, 2.45) is 32.5 Å². The average molecular weight is 367 g/mol. The van der Waals surface area contributed by atoms with Gasteiger partial charge in [-0.3, -0.25) is 9.59 Å². The molecule has 2 unspecified atom stereocenters. The van der Waals surface area contributed by atoms with E-state index in [1.165, 1.54) is 0 Å². The zero-order chi connectivity index (χ0) is 21.6. The molecule has 0 aromatic rings. The molecule has 0 N–H and O–H groups in total. The summed E-state index contributed by atoms with van der Waals surface area (Å²) in [6, 6.07) is 0. The SMILES string of the molecule is CC(=O)C(C)(CC(C)(C)C(C)(C)C(C)(CC(C)(C)C)C(C)=O)C(C)(C)C. The molecule has 26 heavy (non-hydrogen) atoms. The van der Waals surface area contributed by atoms with Crippen molar-refractivity contribution in [1.29, 1.82) is 0 Å². The quantitative estimate of drug-likeness (QED) is 0.481. The maximum atomic E-state index is 12.9. The second-order valence-corrected chi connectivity index (χ2v) is 12.4. The first-order valence-electron chi connectivity index (χ1n) is 10.1. The molecule has 0 heterocycles. The van der Waals surface area contributed by atoms with Crippen LogP contribution < -0.4 is 0 Å². The van der Waals surface area contributed by atoms with Crippen LogP contribution in [0.4, 0.5) is 0 Å². The minimum Gasteiger partial charge on any atom is -0.299 e. The van der Waals surface area contributed by atoms with Gasteiger partial charge in [0.15, 0.2) is 0 Å². The van der Waals surface area contributed by atoms with Crippen molar-refractivity contribution in [3.05, 3.63) is 0 Å². The summed E-state index contributed by atoms with van der Waals surface area (Å²) in [5.41, 5.74) is -1.42. The summed E-state index contributed by atoms with van der Waals surface area (Å²) in [6.07, 6.45) is 1.59. The Morgan fingerprint density at radius 3 is 1.15 bits per heavy atom. The van der Waals surface area contributed by atoms with Crippen LogP contribution in [0.5, 0.6) is 0 Å². The van der Waals surface area contributed by atoms with Gasteiger partial charge in [0.1, 0.15) is 11.6 Å². The van der Waals surface area contributed by atoms with Crippen LogP contribution in [0.1, 0.15) is 110 Å². The fourth-order valence-corrected chi connectivity index (χ4v) is 4.62. The molecular weight excluding hydrogens is 320 g/mol. The first-order valence-corrected chi connectivity index (χ1v) is 10.1. The summed E-state index contributed by atoms with van der Waals surface area (Å²) in [5, 5.41) is 0. The molecular formula is C24H46O2. The smallest absolute Gasteiger partial charge is 0.136 e. The summed E-state index contributed by atoms with van der Waals surface area (Å²) >= 11 is 0. The van der Waals surface area contributed by atoms with Crippen molar-refractivity contribution < 1.29 is 9.59 Å². The minimum absolute atomic E-state index is 0.0572. The predicted octanol–water partition coefficient (Wildman–Crippen LogP) is 7.10. The fourth-order valence-electron chi connectivity index (χ4n) is 4.62. The molecule has 0 fully saturated rings. The van der Waals surface area contributed by atoms with Gasteiger partial charge in [-0.15, -0.1) is 0 Å². The summed E-state index contributed by atoms with van der Waals surface area (Å²) < 4.78 is 0. The van der Waals surface area contributed by atoms with E-state index in [-0.39, 0.29) is 33.2 Å². The van der Waals surface area contributed by atoms with E-state index in [4.69, 9.17) is 0 Å². The van der Waals surface area contributed by atoms with Gasteiger partial charge in [0.2, 0.25) is 0 Å². The van der Waals surface area contributed by atoms with Crippen molar-refractivity contribution >= 4 is 11.6 Å². The highest BCUT2D eigenvalue weighted by molar-refractivity contribution is 5.84. The van der Waals surface area contributed by atoms with E-state index in [0.29, 0.717) is 0 Å². The Morgan fingerprint density at radius 1 is 0.577 bits per heavy atom. The standard InChI is InChI=1S/C24H46O2/c1-17(25)23(13,20(6,7)8)16-21(9,10)22(11,12)24(14,18(2)26)15-19(3,4)5/h15-16H2,1-14H3. The number of rotatable bonds is 7. The molecule has 0 amide bonds. The van der Waals surface area contributed by atoms with Gasteiger partial charge in [0.25, 0.3) is 0 Å². The second kappa shape index (κ2) is 7.06. The van der Waals surface area contributed by atoms with Crippen molar-refractivity contribution in [2.45, 2.75) is 110 Å². The highest BCUT2D eigenvalue weighted by Crippen LogP contribution is 2.61. The largest absolute Gasteiger partial charge is 0.299 e. The Hall–Kier alpha value is -0.660. The summed E-state index contributed by atoms with van der Waals surface area (Å²) in [6.45, 7) is 29.7. The van der Waals surface area contributed by atoms with Gasteiger partial charge >= 0.3 is 0 Å². The van der Waals surface area contributed by atoms with E-state index in [0.717, 1.165) is 12.8 Å². The fraction of sp³-hybridized carbons (Fsp3) is 0.917. The maximum Gasteiger partial charge on any atom is 0.136 e. The molecule has 0 spiro atoms. The lowest BCUT2D eigenvalue weighted by atomic mass is 9.46. The van der Waals surface area contributed by atoms with Crippen LogP contribution in [-0.4, -0.2) is 11.6 Å². The Kier molecular flexibility index (Phi) is 6.88. The van der Waals surface area contributed by atoms with Crippen LogP contribution in [0.25, 0.3) is 0 Å². The van der Waals surface area contributed by atoms with Crippen LogP contribution >= 0.6 is 0 Å². The number of hydrogen-bond acceptors (Lipinski definition) is 2. The maximum absolute atomic E-state index is 12.9. The molecule has 0 aliphatic rings. The van der Waals surface area contributed by atoms with Crippen molar-refractivity contribution in [2.75, 3.05) is 0 Å². The first-order chi connectivity index (χ1) is 11.1. The van der Waals surface area contributed by atoms with Gasteiger partial charge in [-0.2, -0.15) is 0 Å². The second-order valence-electron chi connectivity index (χ2n) is 12.4. The third-order valence-corrected chi connectivity index (χ3v) is 7.96. The zero-order valence-corrected chi connectivity index (χ0v) is 20.2. The lowest BCUT2D eigenvalue weighted by molar-refractivity contribution is -0.151. The normalized spacial score (nSPS) is 18.8. The summed E-state index contributed by atoms with van der Waals surface area (Å²) in [7, 11) is 0. The molecule has 0 rings (SSSR count). The zero-order valence-electron chi connectivity index (χ0n) is 20.2. The Labute approximate surface area is 163 Å². The number of carbonyl (C=O) groups is 2. The van der Waals surface area contributed by atoms with E-state index in [2.05, 4.69) is 83.1 Å². The topological polar surface area (TPSA) is 34.1 Å². The molecule has 0 aromatic carbocycles. The monoisotopic (exact) mass is 366 g/mol. The van der Waals surface area contributed by atoms with Crippen LogP contribution in [-0.2, 0) is 9.59 Å². The van der Waals surface area contributed by atoms with Gasteiger partial charge in [0, 0.05) is 10.8 Å². The van der Waals surface area contributed by atoms with E-state index >= 15 is 0 Å². The first kappa shape index (κ1) is 25.3.